The number of carbonyl (C=O) groups excluding carboxylic acids is 1. The number of thiocarbonyl (C=S) groups is 1. The van der Waals surface area contributed by atoms with Gasteiger partial charge >= 0.3 is 0 Å². The van der Waals surface area contributed by atoms with Crippen molar-refractivity contribution in [3.63, 3.8) is 0 Å². The van der Waals surface area contributed by atoms with E-state index in [1.54, 1.807) is 0 Å². The Morgan fingerprint density at radius 1 is 1.41 bits per heavy atom. The van der Waals surface area contributed by atoms with Gasteiger partial charge in [0.1, 0.15) is 0 Å². The molecule has 0 aromatic heterocycles. The Balaban J connectivity index is 2.43. The average molecular weight is 256 g/mol. The van der Waals surface area contributed by atoms with Crippen molar-refractivity contribution >= 4 is 23.1 Å². The summed E-state index contributed by atoms with van der Waals surface area (Å²) in [6, 6.07) is 0. The number of hydrogen-bond acceptors (Lipinski definition) is 2. The van der Waals surface area contributed by atoms with Gasteiger partial charge < -0.3 is 11.1 Å². The normalized spacial score (nSPS) is 20.6. The van der Waals surface area contributed by atoms with Crippen LogP contribution < -0.4 is 11.1 Å². The van der Waals surface area contributed by atoms with Crippen LogP contribution in [0, 0.1) is 11.3 Å². The van der Waals surface area contributed by atoms with Crippen molar-refractivity contribution < 1.29 is 4.79 Å². The van der Waals surface area contributed by atoms with Crippen LogP contribution in [0.2, 0.25) is 0 Å². The summed E-state index contributed by atoms with van der Waals surface area (Å²) < 4.78 is 0. The van der Waals surface area contributed by atoms with Gasteiger partial charge in [-0.25, -0.2) is 0 Å². The van der Waals surface area contributed by atoms with Crippen molar-refractivity contribution in [2.75, 3.05) is 6.54 Å². The van der Waals surface area contributed by atoms with Crippen LogP contribution in [-0.4, -0.2) is 17.4 Å². The van der Waals surface area contributed by atoms with Crippen LogP contribution in [0.15, 0.2) is 0 Å². The second-order valence-corrected chi connectivity index (χ2v) is 5.92. The van der Waals surface area contributed by atoms with E-state index in [0.29, 0.717) is 11.4 Å². The molecule has 1 saturated carbocycles. The highest BCUT2D eigenvalue weighted by molar-refractivity contribution is 7.80. The van der Waals surface area contributed by atoms with Crippen molar-refractivity contribution in [2.45, 2.75) is 52.4 Å². The zero-order valence-corrected chi connectivity index (χ0v) is 11.7. The standard InChI is InChI=1S/C13H24N2OS/c1-3-10(11(14)17)12(16)15-9-13(2)7-5-4-6-8-13/h10H,3-9H2,1-2H3,(H2,14,17)(H,15,16). The molecule has 0 aliphatic heterocycles. The molecule has 0 heterocycles. The molecule has 0 aromatic rings. The minimum atomic E-state index is -0.308. The van der Waals surface area contributed by atoms with Crippen LogP contribution in [0.1, 0.15) is 52.4 Å². The van der Waals surface area contributed by atoms with Gasteiger partial charge in [0.2, 0.25) is 5.91 Å². The summed E-state index contributed by atoms with van der Waals surface area (Å²) >= 11 is 4.91. The molecule has 0 spiro atoms. The Morgan fingerprint density at radius 3 is 2.47 bits per heavy atom. The first-order valence-corrected chi connectivity index (χ1v) is 6.96. The summed E-state index contributed by atoms with van der Waals surface area (Å²) in [5, 5.41) is 3.02. The minimum Gasteiger partial charge on any atom is -0.393 e. The number of rotatable bonds is 5. The molecule has 98 valence electrons. The lowest BCUT2D eigenvalue weighted by molar-refractivity contribution is -0.123. The number of nitrogens with one attached hydrogen (secondary N) is 1. The van der Waals surface area contributed by atoms with Gasteiger partial charge in [0, 0.05) is 6.54 Å². The molecule has 1 unspecified atom stereocenters. The molecule has 3 N–H and O–H groups in total. The van der Waals surface area contributed by atoms with Crippen LogP contribution in [0.3, 0.4) is 0 Å². The first-order chi connectivity index (χ1) is 7.98. The second kappa shape index (κ2) is 6.34. The van der Waals surface area contributed by atoms with Crippen molar-refractivity contribution in [3.8, 4) is 0 Å². The van der Waals surface area contributed by atoms with Gasteiger partial charge in [-0.3, -0.25) is 4.79 Å². The maximum absolute atomic E-state index is 11.9. The highest BCUT2D eigenvalue weighted by Gasteiger charge is 2.28. The Hall–Kier alpha value is -0.640. The predicted molar refractivity (Wildman–Crippen MR) is 74.8 cm³/mol. The average Bonchev–Trinajstić information content (AvgIpc) is 2.28. The van der Waals surface area contributed by atoms with Gasteiger partial charge in [0.25, 0.3) is 0 Å². The van der Waals surface area contributed by atoms with Gasteiger partial charge in [-0.1, -0.05) is 45.3 Å². The number of nitrogens with two attached hydrogens (primary N) is 1. The smallest absolute Gasteiger partial charge is 0.229 e. The van der Waals surface area contributed by atoms with Crippen molar-refractivity contribution in [1.82, 2.24) is 5.32 Å². The third-order valence-electron chi connectivity index (χ3n) is 3.82. The van der Waals surface area contributed by atoms with E-state index in [4.69, 9.17) is 18.0 Å². The van der Waals surface area contributed by atoms with Gasteiger partial charge in [-0.2, -0.15) is 0 Å². The Morgan fingerprint density at radius 2 is 2.00 bits per heavy atom. The fourth-order valence-electron chi connectivity index (χ4n) is 2.52. The van der Waals surface area contributed by atoms with Gasteiger partial charge in [-0.15, -0.1) is 0 Å². The fraction of sp³-hybridized carbons (Fsp3) is 0.846. The lowest BCUT2D eigenvalue weighted by Gasteiger charge is -2.34. The minimum absolute atomic E-state index is 0.00759. The summed E-state index contributed by atoms with van der Waals surface area (Å²) in [7, 11) is 0. The van der Waals surface area contributed by atoms with E-state index in [0.717, 1.165) is 6.54 Å². The molecule has 0 saturated heterocycles. The quantitative estimate of drug-likeness (QED) is 0.743. The monoisotopic (exact) mass is 256 g/mol. The summed E-state index contributed by atoms with van der Waals surface area (Å²) in [6.07, 6.45) is 6.97. The molecule has 1 aliphatic rings. The van der Waals surface area contributed by atoms with Gasteiger partial charge in [-0.05, 0) is 24.7 Å². The van der Waals surface area contributed by atoms with E-state index in [-0.39, 0.29) is 17.2 Å². The van der Waals surface area contributed by atoms with Crippen LogP contribution in [-0.2, 0) is 4.79 Å². The van der Waals surface area contributed by atoms with Crippen molar-refractivity contribution in [2.24, 2.45) is 17.1 Å². The third kappa shape index (κ3) is 4.26. The third-order valence-corrected chi connectivity index (χ3v) is 4.10. The van der Waals surface area contributed by atoms with Crippen LogP contribution >= 0.6 is 12.2 Å². The second-order valence-electron chi connectivity index (χ2n) is 5.45. The van der Waals surface area contributed by atoms with Gasteiger partial charge in [0.15, 0.2) is 0 Å². The summed E-state index contributed by atoms with van der Waals surface area (Å²) in [4.78, 5) is 12.2. The number of amides is 1. The Kier molecular flexibility index (Phi) is 5.37. The van der Waals surface area contributed by atoms with E-state index in [1.165, 1.54) is 32.1 Å². The maximum atomic E-state index is 11.9. The molecule has 1 rings (SSSR count). The molecule has 17 heavy (non-hydrogen) atoms. The molecular formula is C13H24N2OS. The topological polar surface area (TPSA) is 55.1 Å². The summed E-state index contributed by atoms with van der Waals surface area (Å²) in [5.74, 6) is -0.316. The maximum Gasteiger partial charge on any atom is 0.229 e. The number of hydrogen-bond donors (Lipinski definition) is 2. The Labute approximate surface area is 110 Å². The van der Waals surface area contributed by atoms with Crippen molar-refractivity contribution in [1.29, 1.82) is 0 Å². The molecule has 1 atom stereocenters. The Bertz CT molecular complexity index is 285. The molecule has 0 radical (unpaired) electrons. The SMILES string of the molecule is CCC(C(=O)NCC1(C)CCCCC1)C(N)=S. The molecule has 3 nitrogen and oxygen atoms in total. The molecule has 0 bridgehead atoms. The van der Waals surface area contributed by atoms with Crippen LogP contribution in [0.5, 0.6) is 0 Å². The first-order valence-electron chi connectivity index (χ1n) is 6.55. The summed E-state index contributed by atoms with van der Waals surface area (Å²) in [5.41, 5.74) is 5.83. The predicted octanol–water partition coefficient (Wildman–Crippen LogP) is 2.39. The van der Waals surface area contributed by atoms with E-state index < -0.39 is 0 Å². The van der Waals surface area contributed by atoms with Crippen molar-refractivity contribution in [3.05, 3.63) is 0 Å². The largest absolute Gasteiger partial charge is 0.393 e. The lowest BCUT2D eigenvalue weighted by Crippen LogP contribution is -2.42. The highest BCUT2D eigenvalue weighted by Crippen LogP contribution is 2.34. The van der Waals surface area contributed by atoms with E-state index in [9.17, 15) is 4.79 Å². The van der Waals surface area contributed by atoms with Gasteiger partial charge in [0.05, 0.1) is 10.9 Å². The van der Waals surface area contributed by atoms with E-state index >= 15 is 0 Å². The molecule has 0 aromatic carbocycles. The van der Waals surface area contributed by atoms with E-state index in [2.05, 4.69) is 12.2 Å². The first kappa shape index (κ1) is 14.4. The molecule has 1 aliphatic carbocycles. The molecular weight excluding hydrogens is 232 g/mol. The highest BCUT2D eigenvalue weighted by atomic mass is 32.1. The number of carbonyl (C=O) groups is 1. The van der Waals surface area contributed by atoms with Crippen LogP contribution in [0.25, 0.3) is 0 Å². The fourth-order valence-corrected chi connectivity index (χ4v) is 2.80. The summed E-state index contributed by atoms with van der Waals surface area (Å²) in [6.45, 7) is 4.95. The molecule has 1 amide bonds. The molecule has 4 heteroatoms. The zero-order chi connectivity index (χ0) is 12.9. The zero-order valence-electron chi connectivity index (χ0n) is 10.9. The lowest BCUT2D eigenvalue weighted by atomic mass is 9.75. The molecule has 1 fully saturated rings. The van der Waals surface area contributed by atoms with Crippen LogP contribution in [0.4, 0.5) is 0 Å². The van der Waals surface area contributed by atoms with E-state index in [1.807, 2.05) is 6.92 Å².